The Hall–Kier alpha value is -1.20. The Bertz CT molecular complexity index is 516. The average Bonchev–Trinajstić information content (AvgIpc) is 2.41. The summed E-state index contributed by atoms with van der Waals surface area (Å²) in [5.74, 6) is -2.24. The van der Waals surface area contributed by atoms with Crippen molar-refractivity contribution in [1.82, 2.24) is 10.6 Å². The molecule has 1 aliphatic heterocycles. The SMILES string of the molecule is CC1(CNC(=O)c2cc(F)c(Cl)cc2F)CCCNC1. The Morgan fingerprint density at radius 1 is 1.45 bits per heavy atom. The highest BCUT2D eigenvalue weighted by Crippen LogP contribution is 2.25. The van der Waals surface area contributed by atoms with E-state index >= 15 is 0 Å². The molecule has 2 N–H and O–H groups in total. The predicted molar refractivity (Wildman–Crippen MR) is 73.9 cm³/mol. The molecule has 1 aliphatic rings. The molecule has 0 aromatic heterocycles. The highest BCUT2D eigenvalue weighted by molar-refractivity contribution is 6.30. The van der Waals surface area contributed by atoms with Crippen molar-refractivity contribution in [2.75, 3.05) is 19.6 Å². The molecule has 0 spiro atoms. The van der Waals surface area contributed by atoms with Crippen molar-refractivity contribution in [2.45, 2.75) is 19.8 Å². The third-order valence-corrected chi connectivity index (χ3v) is 3.91. The summed E-state index contributed by atoms with van der Waals surface area (Å²) in [5, 5.41) is 5.60. The zero-order chi connectivity index (χ0) is 14.8. The van der Waals surface area contributed by atoms with Crippen LogP contribution in [0.25, 0.3) is 0 Å². The Balaban J connectivity index is 2.03. The minimum Gasteiger partial charge on any atom is -0.351 e. The van der Waals surface area contributed by atoms with Gasteiger partial charge in [-0.15, -0.1) is 0 Å². The van der Waals surface area contributed by atoms with Crippen LogP contribution >= 0.6 is 11.6 Å². The van der Waals surface area contributed by atoms with E-state index in [-0.39, 0.29) is 16.0 Å². The monoisotopic (exact) mass is 302 g/mol. The van der Waals surface area contributed by atoms with Gasteiger partial charge >= 0.3 is 0 Å². The Labute approximate surface area is 121 Å². The Morgan fingerprint density at radius 2 is 2.20 bits per heavy atom. The molecule has 1 saturated heterocycles. The molecule has 20 heavy (non-hydrogen) atoms. The molecular weight excluding hydrogens is 286 g/mol. The summed E-state index contributed by atoms with van der Waals surface area (Å²) in [6.07, 6.45) is 2.02. The van der Waals surface area contributed by atoms with Crippen LogP contribution in [-0.2, 0) is 0 Å². The first-order valence-corrected chi connectivity index (χ1v) is 6.93. The lowest BCUT2D eigenvalue weighted by Gasteiger charge is -2.34. The number of carbonyl (C=O) groups excluding carboxylic acids is 1. The van der Waals surface area contributed by atoms with Crippen molar-refractivity contribution >= 4 is 17.5 Å². The maximum absolute atomic E-state index is 13.6. The number of hydrogen-bond acceptors (Lipinski definition) is 2. The molecule has 1 aromatic carbocycles. The van der Waals surface area contributed by atoms with Crippen LogP contribution in [0.1, 0.15) is 30.1 Å². The first kappa shape index (κ1) is 15.2. The summed E-state index contributed by atoms with van der Waals surface area (Å²) in [7, 11) is 0. The molecule has 1 heterocycles. The summed E-state index contributed by atoms with van der Waals surface area (Å²) >= 11 is 5.46. The van der Waals surface area contributed by atoms with E-state index in [1.165, 1.54) is 0 Å². The second-order valence-corrected chi connectivity index (χ2v) is 5.93. The number of benzene rings is 1. The molecule has 0 saturated carbocycles. The first-order valence-electron chi connectivity index (χ1n) is 6.55. The van der Waals surface area contributed by atoms with Gasteiger partial charge in [0.15, 0.2) is 0 Å². The fourth-order valence-corrected chi connectivity index (χ4v) is 2.51. The summed E-state index contributed by atoms with van der Waals surface area (Å²) in [4.78, 5) is 11.9. The molecule has 0 radical (unpaired) electrons. The second kappa shape index (κ2) is 6.06. The molecule has 0 aliphatic carbocycles. The number of hydrogen-bond donors (Lipinski definition) is 2. The molecule has 3 nitrogen and oxygen atoms in total. The molecule has 2 rings (SSSR count). The van der Waals surface area contributed by atoms with Gasteiger partial charge in [0, 0.05) is 13.1 Å². The normalized spacial score (nSPS) is 22.6. The minimum atomic E-state index is -0.819. The molecule has 110 valence electrons. The van der Waals surface area contributed by atoms with Gasteiger partial charge in [-0.05, 0) is 36.9 Å². The van der Waals surface area contributed by atoms with Crippen molar-refractivity contribution in [3.63, 3.8) is 0 Å². The van der Waals surface area contributed by atoms with Crippen LogP contribution < -0.4 is 10.6 Å². The number of carbonyl (C=O) groups is 1. The van der Waals surface area contributed by atoms with E-state index in [1.807, 2.05) is 0 Å². The topological polar surface area (TPSA) is 41.1 Å². The van der Waals surface area contributed by atoms with Crippen molar-refractivity contribution in [1.29, 1.82) is 0 Å². The smallest absolute Gasteiger partial charge is 0.254 e. The lowest BCUT2D eigenvalue weighted by Crippen LogP contribution is -2.45. The van der Waals surface area contributed by atoms with Crippen LogP contribution in [0.4, 0.5) is 8.78 Å². The number of piperidine rings is 1. The fraction of sp³-hybridized carbons (Fsp3) is 0.500. The van der Waals surface area contributed by atoms with E-state index in [0.717, 1.165) is 38.1 Å². The van der Waals surface area contributed by atoms with Crippen LogP contribution in [0.15, 0.2) is 12.1 Å². The molecule has 1 fully saturated rings. The molecule has 1 atom stereocenters. The maximum Gasteiger partial charge on any atom is 0.254 e. The summed E-state index contributed by atoms with van der Waals surface area (Å²) in [6.45, 7) is 4.24. The molecule has 1 unspecified atom stereocenters. The van der Waals surface area contributed by atoms with Gasteiger partial charge in [0.25, 0.3) is 5.91 Å². The van der Waals surface area contributed by atoms with Gasteiger partial charge in [0.1, 0.15) is 11.6 Å². The average molecular weight is 303 g/mol. The minimum absolute atomic E-state index is 0.0602. The highest BCUT2D eigenvalue weighted by Gasteiger charge is 2.27. The largest absolute Gasteiger partial charge is 0.351 e. The zero-order valence-corrected chi connectivity index (χ0v) is 12.0. The van der Waals surface area contributed by atoms with Crippen LogP contribution in [0.2, 0.25) is 5.02 Å². The molecule has 6 heteroatoms. The van der Waals surface area contributed by atoms with Crippen LogP contribution in [-0.4, -0.2) is 25.5 Å². The highest BCUT2D eigenvalue weighted by atomic mass is 35.5. The van der Waals surface area contributed by atoms with E-state index in [0.29, 0.717) is 6.54 Å². The van der Waals surface area contributed by atoms with Crippen molar-refractivity contribution in [3.8, 4) is 0 Å². The summed E-state index contributed by atoms with van der Waals surface area (Å²) < 4.78 is 26.9. The zero-order valence-electron chi connectivity index (χ0n) is 11.2. The lowest BCUT2D eigenvalue weighted by molar-refractivity contribution is 0.0920. The number of amides is 1. The van der Waals surface area contributed by atoms with E-state index in [9.17, 15) is 13.6 Å². The standard InChI is InChI=1S/C14H17ClF2N2O/c1-14(3-2-4-18-7-14)8-19-13(20)9-5-12(17)10(15)6-11(9)16/h5-6,18H,2-4,7-8H2,1H3,(H,19,20). The number of nitrogens with one attached hydrogen (secondary N) is 2. The van der Waals surface area contributed by atoms with Crippen molar-refractivity contribution in [2.24, 2.45) is 5.41 Å². The van der Waals surface area contributed by atoms with Gasteiger partial charge in [-0.2, -0.15) is 0 Å². The third kappa shape index (κ3) is 3.46. The molecular formula is C14H17ClF2N2O. The lowest BCUT2D eigenvalue weighted by atomic mass is 9.83. The van der Waals surface area contributed by atoms with E-state index in [1.54, 1.807) is 0 Å². The van der Waals surface area contributed by atoms with Gasteiger partial charge in [0.2, 0.25) is 0 Å². The van der Waals surface area contributed by atoms with E-state index in [2.05, 4.69) is 17.6 Å². The Morgan fingerprint density at radius 3 is 2.85 bits per heavy atom. The van der Waals surface area contributed by atoms with Gasteiger partial charge in [0.05, 0.1) is 10.6 Å². The van der Waals surface area contributed by atoms with Gasteiger partial charge in [-0.25, -0.2) is 8.78 Å². The second-order valence-electron chi connectivity index (χ2n) is 5.52. The van der Waals surface area contributed by atoms with Crippen molar-refractivity contribution < 1.29 is 13.6 Å². The maximum atomic E-state index is 13.6. The van der Waals surface area contributed by atoms with Gasteiger partial charge < -0.3 is 10.6 Å². The van der Waals surface area contributed by atoms with Gasteiger partial charge in [-0.1, -0.05) is 18.5 Å². The Kier molecular flexibility index (Phi) is 4.60. The fourth-order valence-electron chi connectivity index (χ4n) is 2.36. The van der Waals surface area contributed by atoms with Crippen LogP contribution in [0.5, 0.6) is 0 Å². The number of rotatable bonds is 3. The predicted octanol–water partition coefficient (Wildman–Crippen LogP) is 2.74. The third-order valence-electron chi connectivity index (χ3n) is 3.62. The quantitative estimate of drug-likeness (QED) is 0.843. The van der Waals surface area contributed by atoms with Crippen LogP contribution in [0, 0.1) is 17.0 Å². The first-order chi connectivity index (χ1) is 9.41. The number of halogens is 3. The molecule has 1 aromatic rings. The van der Waals surface area contributed by atoms with Crippen molar-refractivity contribution in [3.05, 3.63) is 34.4 Å². The van der Waals surface area contributed by atoms with Gasteiger partial charge in [-0.3, -0.25) is 4.79 Å². The van der Waals surface area contributed by atoms with Crippen LogP contribution in [0.3, 0.4) is 0 Å². The molecule has 0 bridgehead atoms. The molecule has 1 amide bonds. The summed E-state index contributed by atoms with van der Waals surface area (Å²) in [5.41, 5.74) is -0.380. The van der Waals surface area contributed by atoms with E-state index in [4.69, 9.17) is 11.6 Å². The summed E-state index contributed by atoms with van der Waals surface area (Å²) in [6, 6.07) is 1.64. The van der Waals surface area contributed by atoms with E-state index < -0.39 is 17.5 Å².